The SMILES string of the molecule is CCc1c(OC)ccc(F)c1N1CCC(Oc2ccc(N3C[C@H](OC)C[C@@H]3CC(=O)O)cc2)CC1. The number of benzene rings is 2. The smallest absolute Gasteiger partial charge is 0.305 e. The van der Waals surface area contributed by atoms with E-state index in [9.17, 15) is 14.3 Å². The fraction of sp³-hybridized carbons (Fsp3) is 0.519. The van der Waals surface area contributed by atoms with Crippen LogP contribution in [0, 0.1) is 5.82 Å². The van der Waals surface area contributed by atoms with E-state index in [0.717, 1.165) is 35.6 Å². The number of hydrogen-bond acceptors (Lipinski definition) is 6. The molecule has 2 atom stereocenters. The molecule has 2 aromatic rings. The average Bonchev–Trinajstić information content (AvgIpc) is 3.27. The first kappa shape index (κ1) is 25.1. The average molecular weight is 487 g/mol. The van der Waals surface area contributed by atoms with Crippen LogP contribution in [0.2, 0.25) is 0 Å². The van der Waals surface area contributed by atoms with Crippen LogP contribution in [-0.2, 0) is 16.0 Å². The van der Waals surface area contributed by atoms with Crippen molar-refractivity contribution in [2.75, 3.05) is 43.7 Å². The third-order valence-electron chi connectivity index (χ3n) is 7.11. The van der Waals surface area contributed by atoms with Crippen LogP contribution in [0.5, 0.6) is 11.5 Å². The lowest BCUT2D eigenvalue weighted by Gasteiger charge is -2.35. The largest absolute Gasteiger partial charge is 0.496 e. The van der Waals surface area contributed by atoms with E-state index in [4.69, 9.17) is 14.2 Å². The molecule has 0 spiro atoms. The molecule has 2 aromatic carbocycles. The summed E-state index contributed by atoms with van der Waals surface area (Å²) in [5, 5.41) is 9.27. The molecule has 0 aliphatic carbocycles. The van der Waals surface area contributed by atoms with Gasteiger partial charge < -0.3 is 29.1 Å². The van der Waals surface area contributed by atoms with Gasteiger partial charge in [0.25, 0.3) is 0 Å². The van der Waals surface area contributed by atoms with Gasteiger partial charge in [-0.05, 0) is 49.2 Å². The van der Waals surface area contributed by atoms with Gasteiger partial charge in [-0.15, -0.1) is 0 Å². The van der Waals surface area contributed by atoms with Crippen LogP contribution in [0.4, 0.5) is 15.8 Å². The van der Waals surface area contributed by atoms with E-state index in [1.165, 1.54) is 6.07 Å². The number of nitrogens with zero attached hydrogens (tertiary/aromatic N) is 2. The molecule has 190 valence electrons. The molecule has 0 saturated carbocycles. The molecule has 2 aliphatic heterocycles. The van der Waals surface area contributed by atoms with E-state index in [1.807, 2.05) is 31.2 Å². The topological polar surface area (TPSA) is 71.5 Å². The van der Waals surface area contributed by atoms with Gasteiger partial charge in [0.05, 0.1) is 25.3 Å². The third-order valence-corrected chi connectivity index (χ3v) is 7.11. The van der Waals surface area contributed by atoms with Crippen LogP contribution in [0.3, 0.4) is 0 Å². The quantitative estimate of drug-likeness (QED) is 0.559. The summed E-state index contributed by atoms with van der Waals surface area (Å²) in [6.45, 7) is 4.11. The van der Waals surface area contributed by atoms with Gasteiger partial charge in [0.15, 0.2) is 0 Å². The summed E-state index contributed by atoms with van der Waals surface area (Å²) >= 11 is 0. The highest BCUT2D eigenvalue weighted by Crippen LogP contribution is 2.35. The van der Waals surface area contributed by atoms with Crippen molar-refractivity contribution in [1.29, 1.82) is 0 Å². The van der Waals surface area contributed by atoms with Crippen molar-refractivity contribution in [3.8, 4) is 11.5 Å². The molecule has 2 saturated heterocycles. The maximum Gasteiger partial charge on any atom is 0.305 e. The van der Waals surface area contributed by atoms with Crippen LogP contribution in [-0.4, -0.2) is 63.2 Å². The minimum atomic E-state index is -0.803. The summed E-state index contributed by atoms with van der Waals surface area (Å²) in [7, 11) is 3.29. The lowest BCUT2D eigenvalue weighted by Crippen LogP contribution is -2.39. The Kier molecular flexibility index (Phi) is 8.00. The lowest BCUT2D eigenvalue weighted by atomic mass is 10.0. The molecule has 35 heavy (non-hydrogen) atoms. The van der Waals surface area contributed by atoms with E-state index in [1.54, 1.807) is 20.3 Å². The van der Waals surface area contributed by atoms with Crippen LogP contribution in [0.1, 0.15) is 38.2 Å². The molecule has 8 heteroatoms. The molecule has 2 heterocycles. The molecule has 0 bridgehead atoms. The van der Waals surface area contributed by atoms with Crippen molar-refractivity contribution in [1.82, 2.24) is 0 Å². The predicted molar refractivity (Wildman–Crippen MR) is 133 cm³/mol. The normalized spacial score (nSPS) is 20.8. The van der Waals surface area contributed by atoms with E-state index < -0.39 is 5.97 Å². The number of hydrogen-bond donors (Lipinski definition) is 1. The van der Waals surface area contributed by atoms with Crippen molar-refractivity contribution in [3.05, 3.63) is 47.8 Å². The number of aliphatic carboxylic acids is 1. The molecule has 2 aliphatic rings. The first-order chi connectivity index (χ1) is 16.9. The Morgan fingerprint density at radius 2 is 1.80 bits per heavy atom. The molecule has 0 unspecified atom stereocenters. The summed E-state index contributed by atoms with van der Waals surface area (Å²) in [5.41, 5.74) is 2.52. The zero-order valence-corrected chi connectivity index (χ0v) is 20.7. The predicted octanol–water partition coefficient (Wildman–Crippen LogP) is 4.51. The molecule has 0 radical (unpaired) electrons. The lowest BCUT2D eigenvalue weighted by molar-refractivity contribution is -0.137. The number of carbonyl (C=O) groups is 1. The second-order valence-corrected chi connectivity index (χ2v) is 9.23. The number of methoxy groups -OCH3 is 2. The number of halogens is 1. The van der Waals surface area contributed by atoms with Crippen LogP contribution >= 0.6 is 0 Å². The summed E-state index contributed by atoms with van der Waals surface area (Å²) in [5.74, 6) is 0.494. The first-order valence-corrected chi connectivity index (χ1v) is 12.3. The van der Waals surface area contributed by atoms with E-state index in [-0.39, 0.29) is 30.5 Å². The molecule has 7 nitrogen and oxygen atoms in total. The molecular weight excluding hydrogens is 451 g/mol. The summed E-state index contributed by atoms with van der Waals surface area (Å²) in [6.07, 6.45) is 3.17. The number of carboxylic acids is 1. The third kappa shape index (κ3) is 5.64. The number of anilines is 2. The van der Waals surface area contributed by atoms with Crippen molar-refractivity contribution in [2.24, 2.45) is 0 Å². The highest BCUT2D eigenvalue weighted by molar-refractivity contribution is 5.69. The van der Waals surface area contributed by atoms with Gasteiger partial charge in [-0.2, -0.15) is 0 Å². The minimum absolute atomic E-state index is 0.0307. The Morgan fingerprint density at radius 3 is 2.40 bits per heavy atom. The first-order valence-electron chi connectivity index (χ1n) is 12.3. The maximum atomic E-state index is 14.7. The van der Waals surface area contributed by atoms with Gasteiger partial charge in [0, 0.05) is 56.9 Å². The second kappa shape index (κ2) is 11.2. The van der Waals surface area contributed by atoms with Crippen LogP contribution in [0.15, 0.2) is 36.4 Å². The molecule has 2 fully saturated rings. The minimum Gasteiger partial charge on any atom is -0.496 e. The van der Waals surface area contributed by atoms with Gasteiger partial charge in [0.2, 0.25) is 0 Å². The highest BCUT2D eigenvalue weighted by Gasteiger charge is 2.34. The molecule has 1 N–H and O–H groups in total. The zero-order chi connectivity index (χ0) is 24.9. The fourth-order valence-corrected chi connectivity index (χ4v) is 5.33. The van der Waals surface area contributed by atoms with Crippen molar-refractivity contribution in [2.45, 2.75) is 57.3 Å². The van der Waals surface area contributed by atoms with Crippen molar-refractivity contribution in [3.63, 3.8) is 0 Å². The highest BCUT2D eigenvalue weighted by atomic mass is 19.1. The number of ether oxygens (including phenoxy) is 3. The number of piperidine rings is 1. The molecule has 0 aromatic heterocycles. The Morgan fingerprint density at radius 1 is 1.09 bits per heavy atom. The second-order valence-electron chi connectivity index (χ2n) is 9.23. The van der Waals surface area contributed by atoms with E-state index >= 15 is 0 Å². The molecule has 4 rings (SSSR count). The Balaban J connectivity index is 1.37. The summed E-state index contributed by atoms with van der Waals surface area (Å²) in [4.78, 5) is 15.5. The Labute approximate surface area is 206 Å². The maximum absolute atomic E-state index is 14.7. The van der Waals surface area contributed by atoms with E-state index in [2.05, 4.69) is 9.80 Å². The van der Waals surface area contributed by atoms with Gasteiger partial charge in [0.1, 0.15) is 23.4 Å². The van der Waals surface area contributed by atoms with Crippen LogP contribution in [0.25, 0.3) is 0 Å². The summed E-state index contributed by atoms with van der Waals surface area (Å²) < 4.78 is 31.9. The number of rotatable bonds is 9. The summed E-state index contributed by atoms with van der Waals surface area (Å²) in [6, 6.07) is 10.9. The Bertz CT molecular complexity index is 1010. The van der Waals surface area contributed by atoms with Crippen LogP contribution < -0.4 is 19.3 Å². The fourth-order valence-electron chi connectivity index (χ4n) is 5.33. The molecular formula is C27H35FN2O5. The molecule has 0 amide bonds. The zero-order valence-electron chi connectivity index (χ0n) is 20.7. The van der Waals surface area contributed by atoms with Gasteiger partial charge in [-0.25, -0.2) is 4.39 Å². The van der Waals surface area contributed by atoms with E-state index in [0.29, 0.717) is 38.2 Å². The number of carboxylic acid groups (broad SMARTS) is 1. The van der Waals surface area contributed by atoms with Gasteiger partial charge >= 0.3 is 5.97 Å². The van der Waals surface area contributed by atoms with Gasteiger partial charge in [-0.3, -0.25) is 4.79 Å². The standard InChI is InChI=1S/C27H35FN2O5/c1-4-23-25(34-3)10-9-24(28)27(23)29-13-11-21(12-14-29)35-20-7-5-18(6-8-20)30-17-22(33-2)15-19(30)16-26(31)32/h5-10,19,21-22H,4,11-17H2,1-3H3,(H,31,32)/t19-,22-/m1/s1. The van der Waals surface area contributed by atoms with Crippen molar-refractivity contribution < 1.29 is 28.5 Å². The Hall–Kier alpha value is -3.00. The van der Waals surface area contributed by atoms with Crippen molar-refractivity contribution >= 4 is 17.3 Å². The monoisotopic (exact) mass is 486 g/mol. The van der Waals surface area contributed by atoms with Gasteiger partial charge in [-0.1, -0.05) is 6.92 Å².